The molecular formula is C46H88Bi2Si4. The van der Waals surface area contributed by atoms with Gasteiger partial charge in [-0.05, 0) is 0 Å². The molecule has 0 radical (unpaired) electrons. The molecule has 2 aliphatic heterocycles. The van der Waals surface area contributed by atoms with Gasteiger partial charge in [-0.25, -0.2) is 0 Å². The maximum absolute atomic E-state index is 2.95. The molecule has 0 spiro atoms. The van der Waals surface area contributed by atoms with Crippen LogP contribution in [0.3, 0.4) is 0 Å². The fourth-order valence-electron chi connectivity index (χ4n) is 13.8. The first-order valence-corrected chi connectivity index (χ1v) is 37.7. The molecule has 0 aliphatic carbocycles. The van der Waals surface area contributed by atoms with Crippen LogP contribution >= 0.6 is 0 Å². The minimum atomic E-state index is -1.80. The summed E-state index contributed by atoms with van der Waals surface area (Å²) in [5.41, 5.74) is 12.5. The Bertz CT molecular complexity index is 1160. The molecule has 0 fully saturated rings. The van der Waals surface area contributed by atoms with Crippen molar-refractivity contribution in [3.63, 3.8) is 0 Å². The first-order chi connectivity index (χ1) is 23.7. The van der Waals surface area contributed by atoms with E-state index < -0.39 is 77.8 Å². The summed E-state index contributed by atoms with van der Waals surface area (Å²) in [5, 5.41) is 0. The fourth-order valence-corrected chi connectivity index (χ4v) is 95.9. The monoisotopic (exact) mass is 1170 g/mol. The molecule has 0 aromatic rings. The van der Waals surface area contributed by atoms with Crippen molar-refractivity contribution in [3.05, 3.63) is 41.3 Å². The van der Waals surface area contributed by atoms with Gasteiger partial charge < -0.3 is 0 Å². The Morgan fingerprint density at radius 3 is 0.596 bits per heavy atom. The van der Waals surface area contributed by atoms with E-state index >= 15 is 0 Å². The van der Waals surface area contributed by atoms with E-state index in [-0.39, 0.29) is 0 Å². The van der Waals surface area contributed by atoms with Gasteiger partial charge in [0.25, 0.3) is 0 Å². The second-order valence-corrected chi connectivity index (χ2v) is 60.4. The molecule has 2 heterocycles. The number of hydrogen-bond donors (Lipinski definition) is 0. The van der Waals surface area contributed by atoms with Crippen LogP contribution in [0.25, 0.3) is 0 Å². The van der Waals surface area contributed by atoms with Gasteiger partial charge in [-0.2, -0.15) is 0 Å². The van der Waals surface area contributed by atoms with Gasteiger partial charge in [0.2, 0.25) is 0 Å². The Kier molecular flexibility index (Phi) is 18.0. The van der Waals surface area contributed by atoms with E-state index in [2.05, 4.69) is 202 Å². The van der Waals surface area contributed by atoms with Crippen LogP contribution in [0.1, 0.15) is 166 Å². The molecule has 2 rings (SSSR count). The van der Waals surface area contributed by atoms with Crippen molar-refractivity contribution < 1.29 is 0 Å². The average Bonchev–Trinajstić information content (AvgIpc) is 2.96. The molecule has 0 N–H and O–H groups in total. The van der Waals surface area contributed by atoms with E-state index in [9.17, 15) is 0 Å². The number of allylic oxidation sites excluding steroid dienone is 6. The fraction of sp³-hybridized carbons (Fsp3) is 0.783. The van der Waals surface area contributed by atoms with Gasteiger partial charge in [-0.1, -0.05) is 0 Å². The summed E-state index contributed by atoms with van der Waals surface area (Å²) in [7, 11) is -7.18. The first kappa shape index (κ1) is 49.5. The van der Waals surface area contributed by atoms with Crippen LogP contribution in [0.4, 0.5) is 0 Å². The molecule has 0 saturated carbocycles. The minimum absolute atomic E-state index is 0.769. The molecule has 2 aliphatic rings. The zero-order valence-electron chi connectivity index (χ0n) is 39.1. The molecule has 0 nitrogen and oxygen atoms in total. The van der Waals surface area contributed by atoms with Gasteiger partial charge in [0.1, 0.15) is 0 Å². The number of hydrogen-bond acceptors (Lipinski definition) is 0. The van der Waals surface area contributed by atoms with E-state index in [1.165, 1.54) is 0 Å². The van der Waals surface area contributed by atoms with Gasteiger partial charge in [0.05, 0.1) is 0 Å². The summed E-state index contributed by atoms with van der Waals surface area (Å²) >= 11 is -2.19. The van der Waals surface area contributed by atoms with Crippen LogP contribution in [0, 0.1) is 0 Å². The summed E-state index contributed by atoms with van der Waals surface area (Å²) in [6.07, 6.45) is 11.8. The quantitative estimate of drug-likeness (QED) is 0.127. The van der Waals surface area contributed by atoms with E-state index in [0.717, 1.165) is 66.5 Å². The Morgan fingerprint density at radius 2 is 0.442 bits per heavy atom. The van der Waals surface area contributed by atoms with Crippen LogP contribution < -0.4 is 0 Å². The van der Waals surface area contributed by atoms with E-state index in [4.69, 9.17) is 0 Å². The van der Waals surface area contributed by atoms with Gasteiger partial charge >= 0.3 is 357 Å². The predicted molar refractivity (Wildman–Crippen MR) is 258 cm³/mol. The van der Waals surface area contributed by atoms with Gasteiger partial charge in [-0.3, -0.25) is 0 Å². The standard InChI is InChI=1S/C46H88Si4.2Bi/c1-33(2)47(34(3)4,35(5)6)29-25-45(26-30-48(36(7)8,37(9)10)38(11)12)46(27-31-49(39(13)14,40(15)16)41(17)18)28-32-50(42(19)20,43(21)22)44(23)24;;/h25-28,33-44H,1-24H3;;. The van der Waals surface area contributed by atoms with Gasteiger partial charge in [-0.15, -0.1) is 0 Å². The molecule has 0 saturated heterocycles. The van der Waals surface area contributed by atoms with E-state index in [1.807, 2.05) is 0 Å². The van der Waals surface area contributed by atoms with Crippen molar-refractivity contribution in [2.24, 2.45) is 0 Å². The molecule has 298 valence electrons. The van der Waals surface area contributed by atoms with Crippen LogP contribution in [-0.2, 0) is 0 Å². The SMILES string of the molecule is CC(C)[Si]([C]1=CC(C2=C[C]([Si](C(C)C)(C(C)C)C(C)C)=[Bi][C]([Si](C(C)C)(C(C)C)C(C)C)=C2)=C[C]([Si](C(C)C)(C(C)C)C(C)C)=[Bi]1)(C(C)C)C(C)C. The third-order valence-corrected chi connectivity index (χ3v) is 70.0. The van der Waals surface area contributed by atoms with Gasteiger partial charge in [0.15, 0.2) is 0 Å². The Balaban J connectivity index is 3.43. The molecular weight excluding hydrogens is 1080 g/mol. The molecule has 0 unspecified atom stereocenters. The average molecular weight is 1170 g/mol. The van der Waals surface area contributed by atoms with Crippen LogP contribution in [-0.4, -0.2) is 83.5 Å². The number of rotatable bonds is 17. The Hall–Kier alpha value is 1.33. The summed E-state index contributed by atoms with van der Waals surface area (Å²) < 4.78 is 8.29. The Labute approximate surface area is 353 Å². The normalized spacial score (nSPS) is 17.3. The third kappa shape index (κ3) is 8.28. The molecule has 0 amide bonds. The molecule has 6 heteroatoms. The first-order valence-electron chi connectivity index (χ1n) is 21.8. The zero-order valence-corrected chi connectivity index (χ0v) is 50.1. The second-order valence-electron chi connectivity index (χ2n) is 20.8. The molecule has 0 aromatic carbocycles. The van der Waals surface area contributed by atoms with Crippen molar-refractivity contribution >= 4 is 83.5 Å². The summed E-state index contributed by atoms with van der Waals surface area (Å²) in [6, 6.07) is 0. The van der Waals surface area contributed by atoms with Crippen molar-refractivity contribution in [1.29, 1.82) is 0 Å². The Morgan fingerprint density at radius 1 is 0.269 bits per heavy atom. The topological polar surface area (TPSA) is 0 Å². The van der Waals surface area contributed by atoms with E-state index in [1.54, 1.807) is 11.1 Å². The maximum atomic E-state index is 2.95. The molecule has 0 aromatic heterocycles. The second kappa shape index (κ2) is 18.9. The summed E-state index contributed by atoms with van der Waals surface area (Å²) in [6.45, 7) is 63.1. The molecule has 52 heavy (non-hydrogen) atoms. The predicted octanol–water partition coefficient (Wildman–Crippen LogP) is 15.3. The molecule has 0 bridgehead atoms. The molecule has 0 atom stereocenters. The summed E-state index contributed by atoms with van der Waals surface area (Å²) in [5.74, 6) is 0. The van der Waals surface area contributed by atoms with E-state index in [0.29, 0.717) is 0 Å². The van der Waals surface area contributed by atoms with Crippen LogP contribution in [0.15, 0.2) is 41.3 Å². The van der Waals surface area contributed by atoms with Gasteiger partial charge in [0, 0.05) is 0 Å². The van der Waals surface area contributed by atoms with Crippen molar-refractivity contribution in [3.8, 4) is 0 Å². The summed E-state index contributed by atoms with van der Waals surface area (Å²) in [4.78, 5) is 0. The van der Waals surface area contributed by atoms with Crippen molar-refractivity contribution in [2.75, 3.05) is 0 Å². The zero-order chi connectivity index (χ0) is 40.6. The van der Waals surface area contributed by atoms with Crippen molar-refractivity contribution in [2.45, 2.75) is 233 Å². The van der Waals surface area contributed by atoms with Crippen LogP contribution in [0.5, 0.6) is 0 Å². The van der Waals surface area contributed by atoms with Crippen LogP contribution in [0.2, 0.25) is 66.5 Å². The third-order valence-electron chi connectivity index (χ3n) is 15.2. The van der Waals surface area contributed by atoms with Crippen molar-refractivity contribution in [1.82, 2.24) is 0 Å².